The van der Waals surface area contributed by atoms with Crippen molar-refractivity contribution in [2.24, 2.45) is 5.92 Å². The molecule has 2 N–H and O–H groups in total. The van der Waals surface area contributed by atoms with Crippen LogP contribution in [0.25, 0.3) is 0 Å². The highest BCUT2D eigenvalue weighted by Crippen LogP contribution is 2.13. The van der Waals surface area contributed by atoms with Gasteiger partial charge in [-0.25, -0.2) is 12.8 Å². The van der Waals surface area contributed by atoms with E-state index in [2.05, 4.69) is 10.0 Å². The molecule has 0 aliphatic heterocycles. The average molecular weight is 350 g/mol. The maximum Gasteiger partial charge on any atom is 0.233 e. The number of rotatable bonds is 7. The molecule has 0 bridgehead atoms. The van der Waals surface area contributed by atoms with Crippen molar-refractivity contribution in [3.8, 4) is 0 Å². The van der Waals surface area contributed by atoms with E-state index >= 15 is 0 Å². The first kappa shape index (κ1) is 17.9. The highest BCUT2D eigenvalue weighted by molar-refractivity contribution is 7.92. The van der Waals surface area contributed by atoms with Crippen LogP contribution in [0.2, 0.25) is 0 Å². The highest BCUT2D eigenvalue weighted by Gasteiger charge is 2.21. The van der Waals surface area contributed by atoms with E-state index in [-0.39, 0.29) is 17.3 Å². The minimum Gasteiger partial charge on any atom is -0.352 e. The molecule has 0 radical (unpaired) electrons. The van der Waals surface area contributed by atoms with Crippen LogP contribution >= 0.6 is 0 Å². The molecule has 1 unspecified atom stereocenters. The molecule has 0 spiro atoms. The molecule has 0 aliphatic carbocycles. The number of halogens is 1. The Hall–Kier alpha value is -2.41. The quantitative estimate of drug-likeness (QED) is 0.806. The largest absolute Gasteiger partial charge is 0.352 e. The second-order valence-electron chi connectivity index (χ2n) is 5.50. The van der Waals surface area contributed by atoms with Crippen LogP contribution in [0.3, 0.4) is 0 Å². The summed E-state index contributed by atoms with van der Waals surface area (Å²) in [6, 6.07) is 14.5. The predicted octanol–water partition coefficient (Wildman–Crippen LogP) is 2.52. The Morgan fingerprint density at radius 2 is 1.83 bits per heavy atom. The molecule has 24 heavy (non-hydrogen) atoms. The van der Waals surface area contributed by atoms with Gasteiger partial charge in [0.05, 0.1) is 17.4 Å². The lowest BCUT2D eigenvalue weighted by Gasteiger charge is -2.14. The Bertz CT molecular complexity index is 794. The van der Waals surface area contributed by atoms with E-state index in [1.54, 1.807) is 0 Å². The van der Waals surface area contributed by atoms with Crippen LogP contribution < -0.4 is 10.0 Å². The van der Waals surface area contributed by atoms with Gasteiger partial charge in [-0.1, -0.05) is 43.3 Å². The summed E-state index contributed by atoms with van der Waals surface area (Å²) in [7, 11) is -3.76. The van der Waals surface area contributed by atoms with E-state index < -0.39 is 21.8 Å². The highest BCUT2D eigenvalue weighted by atomic mass is 32.2. The van der Waals surface area contributed by atoms with Crippen molar-refractivity contribution in [1.82, 2.24) is 5.32 Å². The molecule has 1 atom stereocenters. The van der Waals surface area contributed by atoms with Gasteiger partial charge >= 0.3 is 0 Å². The Kier molecular flexibility index (Phi) is 5.92. The Labute approximate surface area is 141 Å². The summed E-state index contributed by atoms with van der Waals surface area (Å²) in [6.07, 6.45) is 0. The van der Waals surface area contributed by atoms with Gasteiger partial charge in [-0.05, 0) is 23.8 Å². The maximum absolute atomic E-state index is 13.1. The van der Waals surface area contributed by atoms with E-state index in [1.807, 2.05) is 30.3 Å². The lowest BCUT2D eigenvalue weighted by Crippen LogP contribution is -2.34. The fraction of sp³-hybridized carbons (Fsp3) is 0.235. The van der Waals surface area contributed by atoms with Gasteiger partial charge in [0.1, 0.15) is 5.82 Å². The fourth-order valence-corrected chi connectivity index (χ4v) is 3.52. The molecule has 2 aromatic carbocycles. The van der Waals surface area contributed by atoms with E-state index in [0.717, 1.165) is 11.6 Å². The van der Waals surface area contributed by atoms with Crippen LogP contribution in [-0.2, 0) is 21.4 Å². The summed E-state index contributed by atoms with van der Waals surface area (Å²) in [5.41, 5.74) is 1.06. The van der Waals surface area contributed by atoms with Gasteiger partial charge in [0.25, 0.3) is 0 Å². The smallest absolute Gasteiger partial charge is 0.233 e. The standard InChI is InChI=1S/C17H19FN2O3S/c1-13(17(21)19-11-14-6-3-2-4-7-14)12-24(22,23)20-16-9-5-8-15(18)10-16/h2-10,13,20H,11-12H2,1H3,(H,19,21). The molecule has 5 nitrogen and oxygen atoms in total. The van der Waals surface area contributed by atoms with Crippen molar-refractivity contribution in [2.75, 3.05) is 10.5 Å². The van der Waals surface area contributed by atoms with Crippen molar-refractivity contribution in [1.29, 1.82) is 0 Å². The van der Waals surface area contributed by atoms with Crippen LogP contribution in [-0.4, -0.2) is 20.1 Å². The topological polar surface area (TPSA) is 75.3 Å². The predicted molar refractivity (Wildman–Crippen MR) is 91.3 cm³/mol. The van der Waals surface area contributed by atoms with E-state index in [0.29, 0.717) is 6.54 Å². The third-order valence-corrected chi connectivity index (χ3v) is 4.81. The molecule has 0 aromatic heterocycles. The van der Waals surface area contributed by atoms with Crippen molar-refractivity contribution in [2.45, 2.75) is 13.5 Å². The lowest BCUT2D eigenvalue weighted by atomic mass is 10.2. The molecule has 128 valence electrons. The molecule has 0 aliphatic rings. The Balaban J connectivity index is 1.89. The molecule has 2 aromatic rings. The van der Waals surface area contributed by atoms with E-state index in [4.69, 9.17) is 0 Å². The lowest BCUT2D eigenvalue weighted by molar-refractivity contribution is -0.124. The second-order valence-corrected chi connectivity index (χ2v) is 7.27. The molecule has 0 saturated carbocycles. The van der Waals surface area contributed by atoms with Gasteiger partial charge in [-0.15, -0.1) is 0 Å². The number of nitrogens with one attached hydrogen (secondary N) is 2. The summed E-state index contributed by atoms with van der Waals surface area (Å²) >= 11 is 0. The molecule has 0 saturated heterocycles. The third kappa shape index (κ3) is 5.66. The number of anilines is 1. The minimum atomic E-state index is -3.76. The van der Waals surface area contributed by atoms with Crippen molar-refractivity contribution in [3.63, 3.8) is 0 Å². The summed E-state index contributed by atoms with van der Waals surface area (Å²) in [4.78, 5) is 12.0. The summed E-state index contributed by atoms with van der Waals surface area (Å²) < 4.78 is 39.5. The molecule has 1 amide bonds. The number of hydrogen-bond donors (Lipinski definition) is 2. The molecular formula is C17H19FN2O3S. The zero-order chi connectivity index (χ0) is 17.6. The number of carbonyl (C=O) groups excluding carboxylic acids is 1. The zero-order valence-electron chi connectivity index (χ0n) is 13.2. The van der Waals surface area contributed by atoms with Crippen LogP contribution in [0.15, 0.2) is 54.6 Å². The SMILES string of the molecule is CC(CS(=O)(=O)Nc1cccc(F)c1)C(=O)NCc1ccccc1. The maximum atomic E-state index is 13.1. The number of hydrogen-bond acceptors (Lipinski definition) is 3. The van der Waals surface area contributed by atoms with Crippen LogP contribution in [0.1, 0.15) is 12.5 Å². The fourth-order valence-electron chi connectivity index (χ4n) is 2.14. The van der Waals surface area contributed by atoms with Crippen molar-refractivity contribution >= 4 is 21.6 Å². The summed E-state index contributed by atoms with van der Waals surface area (Å²) in [6.45, 7) is 1.87. The molecule has 2 rings (SSSR count). The van der Waals surface area contributed by atoms with Crippen molar-refractivity contribution in [3.05, 3.63) is 66.0 Å². The Morgan fingerprint density at radius 3 is 2.50 bits per heavy atom. The van der Waals surface area contributed by atoms with Crippen LogP contribution in [0.4, 0.5) is 10.1 Å². The van der Waals surface area contributed by atoms with Crippen LogP contribution in [0, 0.1) is 11.7 Å². The van der Waals surface area contributed by atoms with Gasteiger partial charge in [-0.2, -0.15) is 0 Å². The molecular weight excluding hydrogens is 331 g/mol. The number of sulfonamides is 1. The number of carbonyl (C=O) groups is 1. The zero-order valence-corrected chi connectivity index (χ0v) is 14.0. The second kappa shape index (κ2) is 7.92. The third-order valence-electron chi connectivity index (χ3n) is 3.32. The van der Waals surface area contributed by atoms with Gasteiger partial charge in [0.15, 0.2) is 0 Å². The first-order chi connectivity index (χ1) is 11.4. The van der Waals surface area contributed by atoms with E-state index in [1.165, 1.54) is 25.1 Å². The van der Waals surface area contributed by atoms with Gasteiger partial charge < -0.3 is 5.32 Å². The number of benzene rings is 2. The minimum absolute atomic E-state index is 0.131. The number of amides is 1. The molecule has 0 heterocycles. The first-order valence-corrected chi connectivity index (χ1v) is 9.08. The van der Waals surface area contributed by atoms with Gasteiger partial charge in [0.2, 0.25) is 15.9 Å². The molecule has 0 fully saturated rings. The first-order valence-electron chi connectivity index (χ1n) is 7.43. The summed E-state index contributed by atoms with van der Waals surface area (Å²) in [5, 5.41) is 2.70. The van der Waals surface area contributed by atoms with Gasteiger partial charge in [-0.3, -0.25) is 9.52 Å². The van der Waals surface area contributed by atoms with Crippen LogP contribution in [0.5, 0.6) is 0 Å². The Morgan fingerprint density at radius 1 is 1.12 bits per heavy atom. The normalized spacial score (nSPS) is 12.4. The molecule has 7 heteroatoms. The average Bonchev–Trinajstić information content (AvgIpc) is 2.52. The summed E-state index contributed by atoms with van der Waals surface area (Å²) in [5.74, 6) is -2.02. The monoisotopic (exact) mass is 350 g/mol. The van der Waals surface area contributed by atoms with E-state index in [9.17, 15) is 17.6 Å². The van der Waals surface area contributed by atoms with Crippen molar-refractivity contribution < 1.29 is 17.6 Å². The van der Waals surface area contributed by atoms with Gasteiger partial charge in [0, 0.05) is 6.54 Å².